The van der Waals surface area contributed by atoms with Gasteiger partial charge in [0, 0.05) is 25.3 Å². The summed E-state index contributed by atoms with van der Waals surface area (Å²) in [4.78, 5) is 25.1. The van der Waals surface area contributed by atoms with E-state index in [0.29, 0.717) is 11.3 Å². The molecule has 2 amide bonds. The summed E-state index contributed by atoms with van der Waals surface area (Å²) in [7, 11) is 3.36. The Bertz CT molecular complexity index is 630. The van der Waals surface area contributed by atoms with Crippen LogP contribution in [0.15, 0.2) is 30.5 Å². The normalized spacial score (nSPS) is 10.1. The number of hydrogen-bond acceptors (Lipinski definition) is 4. The first-order chi connectivity index (χ1) is 9.49. The molecule has 20 heavy (non-hydrogen) atoms. The lowest BCUT2D eigenvalue weighted by molar-refractivity contribution is 0.0827. The van der Waals surface area contributed by atoms with Crippen LogP contribution in [0.5, 0.6) is 0 Å². The number of H-pyrrole nitrogens is 1. The Morgan fingerprint density at radius 2 is 1.90 bits per heavy atom. The highest BCUT2D eigenvalue weighted by Crippen LogP contribution is 2.13. The number of anilines is 2. The molecule has 2 aromatic rings. The van der Waals surface area contributed by atoms with Gasteiger partial charge in [-0.1, -0.05) is 0 Å². The number of nitrogens with zero attached hydrogens (tertiary/aromatic N) is 2. The van der Waals surface area contributed by atoms with Crippen molar-refractivity contribution < 1.29 is 9.59 Å². The van der Waals surface area contributed by atoms with Crippen LogP contribution in [0.3, 0.4) is 0 Å². The molecule has 0 atom stereocenters. The lowest BCUT2D eigenvalue weighted by Gasteiger charge is -2.10. The molecule has 4 N–H and O–H groups in total. The zero-order valence-corrected chi connectivity index (χ0v) is 11.2. The number of rotatable bonds is 3. The van der Waals surface area contributed by atoms with Crippen LogP contribution in [0, 0.1) is 0 Å². The van der Waals surface area contributed by atoms with Crippen molar-refractivity contribution >= 4 is 23.2 Å². The van der Waals surface area contributed by atoms with Gasteiger partial charge in [0.2, 0.25) is 0 Å². The summed E-state index contributed by atoms with van der Waals surface area (Å²) in [5, 5.41) is 8.87. The number of carbonyl (C=O) groups excluding carboxylic acids is 2. The first-order valence-corrected chi connectivity index (χ1v) is 5.91. The summed E-state index contributed by atoms with van der Waals surface area (Å²) >= 11 is 0. The molecule has 1 aromatic carbocycles. The van der Waals surface area contributed by atoms with Gasteiger partial charge in [-0.25, -0.2) is 0 Å². The van der Waals surface area contributed by atoms with Crippen molar-refractivity contribution in [2.75, 3.05) is 25.1 Å². The lowest BCUT2D eigenvalue weighted by atomic mass is 10.2. The van der Waals surface area contributed by atoms with Crippen LogP contribution in [0.25, 0.3) is 0 Å². The lowest BCUT2D eigenvalue weighted by Crippen LogP contribution is -2.21. The second kappa shape index (κ2) is 5.43. The topological polar surface area (TPSA) is 104 Å². The number of nitrogens with one attached hydrogen (secondary N) is 2. The maximum atomic E-state index is 11.9. The van der Waals surface area contributed by atoms with Gasteiger partial charge < -0.3 is 16.0 Å². The summed E-state index contributed by atoms with van der Waals surface area (Å²) in [6, 6.07) is 6.60. The maximum absolute atomic E-state index is 11.9. The highest BCUT2D eigenvalue weighted by atomic mass is 16.2. The fourth-order valence-corrected chi connectivity index (χ4v) is 1.63. The molecule has 0 spiro atoms. The van der Waals surface area contributed by atoms with Gasteiger partial charge >= 0.3 is 0 Å². The van der Waals surface area contributed by atoms with Crippen molar-refractivity contribution in [2.24, 2.45) is 0 Å². The van der Waals surface area contributed by atoms with E-state index >= 15 is 0 Å². The van der Waals surface area contributed by atoms with Crippen molar-refractivity contribution in [3.05, 3.63) is 41.7 Å². The largest absolute Gasteiger partial charge is 0.396 e. The number of hydrogen-bond donors (Lipinski definition) is 3. The van der Waals surface area contributed by atoms with E-state index in [-0.39, 0.29) is 23.2 Å². The predicted molar refractivity (Wildman–Crippen MR) is 75.4 cm³/mol. The van der Waals surface area contributed by atoms with Gasteiger partial charge in [0.1, 0.15) is 5.69 Å². The average molecular weight is 273 g/mol. The molecule has 104 valence electrons. The second-order valence-electron chi connectivity index (χ2n) is 4.43. The van der Waals surface area contributed by atoms with Crippen LogP contribution in [-0.2, 0) is 0 Å². The van der Waals surface area contributed by atoms with E-state index in [1.165, 1.54) is 11.1 Å². The molecule has 0 fully saturated rings. The third-order valence-electron chi connectivity index (χ3n) is 2.69. The van der Waals surface area contributed by atoms with E-state index in [0.717, 1.165) is 0 Å². The number of aromatic nitrogens is 2. The number of nitrogens with two attached hydrogens (primary N) is 1. The van der Waals surface area contributed by atoms with Crippen molar-refractivity contribution in [1.29, 1.82) is 0 Å². The average Bonchev–Trinajstić information content (AvgIpc) is 2.85. The van der Waals surface area contributed by atoms with E-state index in [2.05, 4.69) is 15.5 Å². The van der Waals surface area contributed by atoms with Crippen LogP contribution in [0.2, 0.25) is 0 Å². The van der Waals surface area contributed by atoms with Gasteiger partial charge in [0.25, 0.3) is 11.8 Å². The summed E-state index contributed by atoms with van der Waals surface area (Å²) in [6.45, 7) is 0. The first-order valence-electron chi connectivity index (χ1n) is 5.91. The van der Waals surface area contributed by atoms with Gasteiger partial charge in [0.15, 0.2) is 0 Å². The number of nitrogen functional groups attached to an aromatic ring is 1. The fourth-order valence-electron chi connectivity index (χ4n) is 1.63. The molecule has 1 heterocycles. The van der Waals surface area contributed by atoms with Crippen molar-refractivity contribution in [3.63, 3.8) is 0 Å². The molecule has 7 heteroatoms. The van der Waals surface area contributed by atoms with Crippen LogP contribution >= 0.6 is 0 Å². The van der Waals surface area contributed by atoms with Crippen molar-refractivity contribution in [3.8, 4) is 0 Å². The van der Waals surface area contributed by atoms with Gasteiger partial charge in [-0.3, -0.25) is 14.7 Å². The van der Waals surface area contributed by atoms with E-state index in [1.54, 1.807) is 38.4 Å². The zero-order chi connectivity index (χ0) is 14.7. The Morgan fingerprint density at radius 3 is 2.40 bits per heavy atom. The number of carbonyl (C=O) groups is 2. The molecule has 0 aliphatic heterocycles. The fraction of sp³-hybridized carbons (Fsp3) is 0.154. The first kappa shape index (κ1) is 13.6. The number of amides is 2. The molecule has 0 saturated carbocycles. The zero-order valence-electron chi connectivity index (χ0n) is 11.2. The monoisotopic (exact) mass is 273 g/mol. The molecule has 2 rings (SSSR count). The van der Waals surface area contributed by atoms with E-state index in [9.17, 15) is 9.59 Å². The minimum atomic E-state index is -0.383. The van der Waals surface area contributed by atoms with E-state index in [4.69, 9.17) is 5.73 Å². The van der Waals surface area contributed by atoms with E-state index < -0.39 is 0 Å². The number of aromatic amines is 1. The molecule has 0 bridgehead atoms. The Balaban J connectivity index is 2.10. The van der Waals surface area contributed by atoms with Crippen LogP contribution in [0.1, 0.15) is 20.8 Å². The highest BCUT2D eigenvalue weighted by Gasteiger charge is 2.12. The van der Waals surface area contributed by atoms with Crippen molar-refractivity contribution in [1.82, 2.24) is 15.1 Å². The standard InChI is InChI=1S/C13H15N5O2/c1-18(2)13(20)8-3-5-9(6-4-8)16-12(19)11-10(14)7-15-17-11/h3-7H,14H2,1-2H3,(H,15,17)(H,16,19). The molecule has 0 aliphatic carbocycles. The molecular weight excluding hydrogens is 258 g/mol. The van der Waals surface area contributed by atoms with E-state index in [1.807, 2.05) is 0 Å². The van der Waals surface area contributed by atoms with Crippen LogP contribution < -0.4 is 11.1 Å². The van der Waals surface area contributed by atoms with Crippen LogP contribution in [0.4, 0.5) is 11.4 Å². The summed E-state index contributed by atoms with van der Waals surface area (Å²) in [5.41, 5.74) is 7.19. The summed E-state index contributed by atoms with van der Waals surface area (Å²) in [6.07, 6.45) is 1.37. The SMILES string of the molecule is CN(C)C(=O)c1ccc(NC(=O)c2[nH]ncc2N)cc1. The van der Waals surface area contributed by atoms with Gasteiger partial charge in [-0.15, -0.1) is 0 Å². The Hall–Kier alpha value is -2.83. The molecular formula is C13H15N5O2. The molecule has 0 saturated heterocycles. The van der Waals surface area contributed by atoms with Crippen molar-refractivity contribution in [2.45, 2.75) is 0 Å². The van der Waals surface area contributed by atoms with Gasteiger partial charge in [-0.05, 0) is 24.3 Å². The highest BCUT2D eigenvalue weighted by molar-refractivity contribution is 6.06. The Morgan fingerprint density at radius 1 is 1.25 bits per heavy atom. The minimum Gasteiger partial charge on any atom is -0.396 e. The molecule has 1 aromatic heterocycles. The summed E-state index contributed by atoms with van der Waals surface area (Å²) < 4.78 is 0. The second-order valence-corrected chi connectivity index (χ2v) is 4.43. The minimum absolute atomic E-state index is 0.0966. The third kappa shape index (κ3) is 2.77. The predicted octanol–water partition coefficient (Wildman–Crippen LogP) is 0.946. The smallest absolute Gasteiger partial charge is 0.275 e. The summed E-state index contributed by atoms with van der Waals surface area (Å²) in [5.74, 6) is -0.479. The number of benzene rings is 1. The quantitative estimate of drug-likeness (QED) is 0.774. The van der Waals surface area contributed by atoms with Crippen LogP contribution in [-0.4, -0.2) is 41.0 Å². The molecule has 7 nitrogen and oxygen atoms in total. The molecule has 0 aliphatic rings. The van der Waals surface area contributed by atoms with Gasteiger partial charge in [-0.2, -0.15) is 5.10 Å². The molecule has 0 unspecified atom stereocenters. The maximum Gasteiger partial charge on any atom is 0.275 e. The van der Waals surface area contributed by atoms with Gasteiger partial charge in [0.05, 0.1) is 11.9 Å². The Labute approximate surface area is 115 Å². The Kier molecular flexibility index (Phi) is 3.69. The third-order valence-corrected chi connectivity index (χ3v) is 2.69. The molecule has 0 radical (unpaired) electrons.